The smallest absolute Gasteiger partial charge is 0.212 e. The molecule has 86 valence electrons. The Morgan fingerprint density at radius 1 is 1.44 bits per heavy atom. The maximum absolute atomic E-state index is 10.7. The van der Waals surface area contributed by atoms with Crippen molar-refractivity contribution in [3.8, 4) is 6.07 Å². The number of nitriles is 1. The van der Waals surface area contributed by atoms with E-state index in [1.807, 2.05) is 6.07 Å². The molecule has 0 heterocycles. The van der Waals surface area contributed by atoms with Gasteiger partial charge in [-0.05, 0) is 18.2 Å². The number of benzene rings is 1. The molecule has 0 spiro atoms. The Morgan fingerprint density at radius 3 is 2.62 bits per heavy atom. The molecule has 0 radical (unpaired) electrons. The van der Waals surface area contributed by atoms with E-state index in [4.69, 9.17) is 27.5 Å². The molecule has 1 rings (SSSR count). The van der Waals surface area contributed by atoms with Gasteiger partial charge in [-0.3, -0.25) is 0 Å². The van der Waals surface area contributed by atoms with Crippen molar-refractivity contribution in [2.75, 3.05) is 11.5 Å². The Hall–Kier alpha value is -0.410. The van der Waals surface area contributed by atoms with E-state index in [9.17, 15) is 8.42 Å². The van der Waals surface area contributed by atoms with Gasteiger partial charge in [-0.15, -0.1) is 11.8 Å². The minimum absolute atomic E-state index is 0.100. The van der Waals surface area contributed by atoms with Crippen LogP contribution in [0, 0.1) is 11.3 Å². The highest BCUT2D eigenvalue weighted by molar-refractivity contribution is 8.14. The van der Waals surface area contributed by atoms with E-state index < -0.39 is 9.05 Å². The second kappa shape index (κ2) is 5.78. The van der Waals surface area contributed by atoms with Gasteiger partial charge in [-0.1, -0.05) is 11.6 Å². The number of nitrogens with zero attached hydrogens (tertiary/aromatic N) is 1. The molecule has 0 N–H and O–H groups in total. The SMILES string of the molecule is N#Cc1ccc(SCCS(=O)(=O)Cl)cc1Cl. The van der Waals surface area contributed by atoms with Gasteiger partial charge in [0, 0.05) is 21.3 Å². The number of hydrogen-bond acceptors (Lipinski definition) is 4. The second-order valence-electron chi connectivity index (χ2n) is 2.84. The summed E-state index contributed by atoms with van der Waals surface area (Å²) < 4.78 is 21.3. The standard InChI is InChI=1S/C9H7Cl2NO2S2/c10-9-5-8(2-1-7(9)6-12)15-3-4-16(11,13)14/h1-2,5H,3-4H2. The maximum Gasteiger partial charge on any atom is 0.233 e. The fourth-order valence-corrected chi connectivity index (χ4v) is 3.52. The maximum atomic E-state index is 10.7. The molecular weight excluding hydrogens is 289 g/mol. The summed E-state index contributed by atoms with van der Waals surface area (Å²) in [5, 5.41) is 9.02. The minimum atomic E-state index is -3.45. The highest BCUT2D eigenvalue weighted by Crippen LogP contribution is 2.24. The van der Waals surface area contributed by atoms with Crippen LogP contribution in [0.25, 0.3) is 0 Å². The molecule has 0 saturated heterocycles. The van der Waals surface area contributed by atoms with Gasteiger partial charge in [0.25, 0.3) is 0 Å². The lowest BCUT2D eigenvalue weighted by Gasteiger charge is -2.01. The third-order valence-corrected chi connectivity index (χ3v) is 4.38. The lowest BCUT2D eigenvalue weighted by Crippen LogP contribution is -1.99. The van der Waals surface area contributed by atoms with Gasteiger partial charge in [0.1, 0.15) is 6.07 Å². The Kier molecular flexibility index (Phi) is 4.93. The molecular formula is C9H7Cl2NO2S2. The van der Waals surface area contributed by atoms with E-state index in [2.05, 4.69) is 0 Å². The van der Waals surface area contributed by atoms with E-state index in [1.165, 1.54) is 11.8 Å². The molecule has 0 aromatic heterocycles. The van der Waals surface area contributed by atoms with E-state index in [0.717, 1.165) is 4.90 Å². The van der Waals surface area contributed by atoms with Crippen LogP contribution < -0.4 is 0 Å². The van der Waals surface area contributed by atoms with Crippen LogP contribution in [-0.2, 0) is 9.05 Å². The van der Waals surface area contributed by atoms with Gasteiger partial charge in [0.05, 0.1) is 16.3 Å². The van der Waals surface area contributed by atoms with Gasteiger partial charge >= 0.3 is 0 Å². The molecule has 0 amide bonds. The van der Waals surface area contributed by atoms with Crippen molar-refractivity contribution in [2.45, 2.75) is 4.90 Å². The van der Waals surface area contributed by atoms with Crippen LogP contribution in [0.1, 0.15) is 5.56 Å². The molecule has 0 aliphatic rings. The first-order valence-electron chi connectivity index (χ1n) is 4.17. The number of thioether (sulfide) groups is 1. The van der Waals surface area contributed by atoms with Crippen LogP contribution in [0.5, 0.6) is 0 Å². The summed E-state index contributed by atoms with van der Waals surface area (Å²) in [7, 11) is 1.62. The topological polar surface area (TPSA) is 57.9 Å². The van der Waals surface area contributed by atoms with Crippen LogP contribution in [0.15, 0.2) is 23.1 Å². The Labute approximate surface area is 108 Å². The van der Waals surface area contributed by atoms with Gasteiger partial charge in [0.2, 0.25) is 9.05 Å². The molecule has 3 nitrogen and oxygen atoms in total. The normalized spacial score (nSPS) is 11.1. The van der Waals surface area contributed by atoms with E-state index in [0.29, 0.717) is 16.3 Å². The third kappa shape index (κ3) is 4.62. The Morgan fingerprint density at radius 2 is 2.12 bits per heavy atom. The second-order valence-corrected chi connectivity index (χ2v) is 7.32. The lowest BCUT2D eigenvalue weighted by atomic mass is 10.2. The molecule has 7 heteroatoms. The third-order valence-electron chi connectivity index (χ3n) is 1.66. The summed E-state index contributed by atoms with van der Waals surface area (Å²) in [6.07, 6.45) is 0. The lowest BCUT2D eigenvalue weighted by molar-refractivity contribution is 0.611. The number of rotatable bonds is 4. The zero-order valence-electron chi connectivity index (χ0n) is 7.98. The molecule has 1 aromatic carbocycles. The van der Waals surface area contributed by atoms with Crippen molar-refractivity contribution in [1.29, 1.82) is 5.26 Å². The number of halogens is 2. The van der Waals surface area contributed by atoms with Gasteiger partial charge in [0.15, 0.2) is 0 Å². The summed E-state index contributed by atoms with van der Waals surface area (Å²) in [6.45, 7) is 0. The summed E-state index contributed by atoms with van der Waals surface area (Å²) in [5.74, 6) is 0.255. The van der Waals surface area contributed by atoms with Crippen LogP contribution in [0.2, 0.25) is 5.02 Å². The summed E-state index contributed by atoms with van der Waals surface area (Å²) in [5.41, 5.74) is 0.399. The van der Waals surface area contributed by atoms with E-state index in [1.54, 1.807) is 18.2 Å². The van der Waals surface area contributed by atoms with E-state index >= 15 is 0 Å². The first kappa shape index (κ1) is 13.7. The largest absolute Gasteiger partial charge is 0.233 e. The summed E-state index contributed by atoms with van der Waals surface area (Å²) in [6, 6.07) is 6.89. The van der Waals surface area contributed by atoms with Crippen LogP contribution in [0.4, 0.5) is 0 Å². The quantitative estimate of drug-likeness (QED) is 0.633. The van der Waals surface area contributed by atoms with Gasteiger partial charge < -0.3 is 0 Å². The monoisotopic (exact) mass is 295 g/mol. The fourth-order valence-electron chi connectivity index (χ4n) is 0.935. The zero-order chi connectivity index (χ0) is 12.2. The van der Waals surface area contributed by atoms with Crippen molar-refractivity contribution in [2.24, 2.45) is 0 Å². The Bertz CT molecular complexity index is 523. The summed E-state index contributed by atoms with van der Waals surface area (Å²) >= 11 is 7.14. The van der Waals surface area contributed by atoms with Crippen molar-refractivity contribution in [1.82, 2.24) is 0 Å². The van der Waals surface area contributed by atoms with Crippen LogP contribution in [0.3, 0.4) is 0 Å². The zero-order valence-corrected chi connectivity index (χ0v) is 11.1. The van der Waals surface area contributed by atoms with Crippen molar-refractivity contribution < 1.29 is 8.42 Å². The Balaban J connectivity index is 2.63. The molecule has 0 aliphatic carbocycles. The molecule has 0 saturated carbocycles. The average molecular weight is 296 g/mol. The van der Waals surface area contributed by atoms with Crippen molar-refractivity contribution >= 4 is 43.1 Å². The molecule has 16 heavy (non-hydrogen) atoms. The predicted molar refractivity (Wildman–Crippen MR) is 66.5 cm³/mol. The van der Waals surface area contributed by atoms with Gasteiger partial charge in [-0.2, -0.15) is 5.26 Å². The molecule has 0 aliphatic heterocycles. The highest BCUT2D eigenvalue weighted by Gasteiger charge is 2.06. The minimum Gasteiger partial charge on any atom is -0.212 e. The molecule has 0 bridgehead atoms. The molecule has 0 unspecified atom stereocenters. The fraction of sp³-hybridized carbons (Fsp3) is 0.222. The van der Waals surface area contributed by atoms with Crippen molar-refractivity contribution in [3.05, 3.63) is 28.8 Å². The van der Waals surface area contributed by atoms with Crippen LogP contribution in [-0.4, -0.2) is 19.9 Å². The van der Waals surface area contributed by atoms with Gasteiger partial charge in [-0.25, -0.2) is 8.42 Å². The first-order valence-corrected chi connectivity index (χ1v) is 8.01. The molecule has 0 fully saturated rings. The van der Waals surface area contributed by atoms with Crippen molar-refractivity contribution in [3.63, 3.8) is 0 Å². The van der Waals surface area contributed by atoms with Crippen LogP contribution >= 0.6 is 34.0 Å². The van der Waals surface area contributed by atoms with E-state index in [-0.39, 0.29) is 5.75 Å². The summed E-state index contributed by atoms with van der Waals surface area (Å²) in [4.78, 5) is 0.810. The average Bonchev–Trinajstić information content (AvgIpc) is 2.16. The molecule has 0 atom stereocenters. The predicted octanol–water partition coefficient (Wildman–Crippen LogP) is 2.87. The number of hydrogen-bond donors (Lipinski definition) is 0. The molecule has 1 aromatic rings. The first-order chi connectivity index (χ1) is 7.42. The highest BCUT2D eigenvalue weighted by atomic mass is 35.7.